The molecule has 20 heavy (non-hydrogen) atoms. The van der Waals surface area contributed by atoms with Crippen molar-refractivity contribution in [3.05, 3.63) is 23.8 Å². The Bertz CT molecular complexity index is 392. The molecule has 0 bridgehead atoms. The van der Waals surface area contributed by atoms with Gasteiger partial charge in [0.25, 0.3) is 0 Å². The SMILES string of the molecule is OCCCCCCCCOCc1ccc2c(c1)OCO2. The average Bonchev–Trinajstić information content (AvgIpc) is 2.93. The predicted molar refractivity (Wildman–Crippen MR) is 77.0 cm³/mol. The second kappa shape index (κ2) is 8.82. The van der Waals surface area contributed by atoms with Gasteiger partial charge in [0.2, 0.25) is 6.79 Å². The van der Waals surface area contributed by atoms with Crippen molar-refractivity contribution in [2.45, 2.75) is 45.1 Å². The lowest BCUT2D eigenvalue weighted by Crippen LogP contribution is -1.96. The fraction of sp³-hybridized carbons (Fsp3) is 0.625. The Kier molecular flexibility index (Phi) is 6.68. The fourth-order valence-corrected chi connectivity index (χ4v) is 2.24. The molecule has 1 heterocycles. The summed E-state index contributed by atoms with van der Waals surface area (Å²) in [5.41, 5.74) is 1.12. The Balaban J connectivity index is 1.51. The van der Waals surface area contributed by atoms with Gasteiger partial charge >= 0.3 is 0 Å². The van der Waals surface area contributed by atoms with E-state index >= 15 is 0 Å². The molecule has 1 N–H and O–H groups in total. The van der Waals surface area contributed by atoms with Crippen LogP contribution in [0.2, 0.25) is 0 Å². The highest BCUT2D eigenvalue weighted by Crippen LogP contribution is 2.32. The minimum absolute atomic E-state index is 0.315. The molecule has 4 nitrogen and oxygen atoms in total. The largest absolute Gasteiger partial charge is 0.454 e. The molecule has 112 valence electrons. The molecule has 0 saturated carbocycles. The first-order chi connectivity index (χ1) is 9.90. The molecule has 0 saturated heterocycles. The van der Waals surface area contributed by atoms with E-state index in [-0.39, 0.29) is 0 Å². The van der Waals surface area contributed by atoms with E-state index in [0.717, 1.165) is 42.9 Å². The van der Waals surface area contributed by atoms with E-state index in [0.29, 0.717) is 20.0 Å². The standard InChI is InChI=1S/C16H24O4/c17-9-5-3-1-2-4-6-10-18-12-14-7-8-15-16(11-14)20-13-19-15/h7-8,11,17H,1-6,9-10,12-13H2. The normalized spacial score (nSPS) is 12.8. The van der Waals surface area contributed by atoms with Crippen molar-refractivity contribution in [3.63, 3.8) is 0 Å². The van der Waals surface area contributed by atoms with Crippen molar-refractivity contribution >= 4 is 0 Å². The predicted octanol–water partition coefficient (Wildman–Crippen LogP) is 3.26. The van der Waals surface area contributed by atoms with Crippen LogP contribution in [0.1, 0.15) is 44.1 Å². The second-order valence-corrected chi connectivity index (χ2v) is 5.09. The number of aliphatic hydroxyl groups excluding tert-OH is 1. The highest BCUT2D eigenvalue weighted by Gasteiger charge is 2.12. The zero-order valence-corrected chi connectivity index (χ0v) is 12.0. The first kappa shape index (κ1) is 15.1. The molecule has 0 unspecified atom stereocenters. The third kappa shape index (κ3) is 5.02. The summed E-state index contributed by atoms with van der Waals surface area (Å²) in [6.45, 7) is 2.06. The first-order valence-corrected chi connectivity index (χ1v) is 7.47. The summed E-state index contributed by atoms with van der Waals surface area (Å²) in [5, 5.41) is 8.67. The van der Waals surface area contributed by atoms with Gasteiger partial charge in [0.1, 0.15) is 0 Å². The summed E-state index contributed by atoms with van der Waals surface area (Å²) in [4.78, 5) is 0. The highest BCUT2D eigenvalue weighted by molar-refractivity contribution is 5.44. The van der Waals surface area contributed by atoms with Crippen molar-refractivity contribution < 1.29 is 19.3 Å². The molecular weight excluding hydrogens is 256 g/mol. The summed E-state index contributed by atoms with van der Waals surface area (Å²) in [6, 6.07) is 5.93. The molecule has 0 aromatic heterocycles. The Morgan fingerprint density at radius 3 is 2.55 bits per heavy atom. The maximum atomic E-state index is 8.67. The van der Waals surface area contributed by atoms with E-state index in [1.807, 2.05) is 18.2 Å². The average molecular weight is 280 g/mol. The summed E-state index contributed by atoms with van der Waals surface area (Å²) in [5.74, 6) is 1.63. The molecule has 0 fully saturated rings. The molecule has 0 atom stereocenters. The van der Waals surface area contributed by atoms with Crippen LogP contribution in [0.5, 0.6) is 11.5 Å². The van der Waals surface area contributed by atoms with Crippen LogP contribution < -0.4 is 9.47 Å². The van der Waals surface area contributed by atoms with Crippen molar-refractivity contribution in [1.29, 1.82) is 0 Å². The van der Waals surface area contributed by atoms with E-state index in [1.165, 1.54) is 19.3 Å². The van der Waals surface area contributed by atoms with Crippen molar-refractivity contribution in [2.75, 3.05) is 20.0 Å². The molecule has 1 aromatic carbocycles. The molecule has 1 aliphatic rings. The van der Waals surface area contributed by atoms with Crippen molar-refractivity contribution in [3.8, 4) is 11.5 Å². The summed E-state index contributed by atoms with van der Waals surface area (Å²) in [6.07, 6.45) is 6.81. The van der Waals surface area contributed by atoms with Crippen LogP contribution >= 0.6 is 0 Å². The van der Waals surface area contributed by atoms with E-state index in [9.17, 15) is 0 Å². The third-order valence-electron chi connectivity index (χ3n) is 3.40. The van der Waals surface area contributed by atoms with Crippen molar-refractivity contribution in [1.82, 2.24) is 0 Å². The zero-order valence-electron chi connectivity index (χ0n) is 12.0. The quantitative estimate of drug-likeness (QED) is 0.668. The second-order valence-electron chi connectivity index (χ2n) is 5.09. The van der Waals surface area contributed by atoms with Gasteiger partial charge in [-0.2, -0.15) is 0 Å². The smallest absolute Gasteiger partial charge is 0.231 e. The van der Waals surface area contributed by atoms with Crippen LogP contribution in [0, 0.1) is 0 Å². The number of rotatable bonds is 10. The molecule has 4 heteroatoms. The van der Waals surface area contributed by atoms with Crippen LogP contribution in [0.4, 0.5) is 0 Å². The van der Waals surface area contributed by atoms with Crippen LogP contribution in [-0.4, -0.2) is 25.1 Å². The summed E-state index contributed by atoms with van der Waals surface area (Å²) < 4.78 is 16.3. The number of fused-ring (bicyclic) bond motifs is 1. The van der Waals surface area contributed by atoms with Crippen molar-refractivity contribution in [2.24, 2.45) is 0 Å². The zero-order chi connectivity index (χ0) is 14.0. The maximum Gasteiger partial charge on any atom is 0.231 e. The van der Waals surface area contributed by atoms with E-state index in [2.05, 4.69) is 0 Å². The number of aliphatic hydroxyl groups is 1. The highest BCUT2D eigenvalue weighted by atomic mass is 16.7. The number of unbranched alkanes of at least 4 members (excludes halogenated alkanes) is 5. The monoisotopic (exact) mass is 280 g/mol. The molecule has 0 radical (unpaired) electrons. The van der Waals surface area contributed by atoms with Gasteiger partial charge in [-0.05, 0) is 30.5 Å². The van der Waals surface area contributed by atoms with Gasteiger partial charge in [0, 0.05) is 13.2 Å². The number of hydrogen-bond acceptors (Lipinski definition) is 4. The maximum absolute atomic E-state index is 8.67. The summed E-state index contributed by atoms with van der Waals surface area (Å²) in [7, 11) is 0. The molecule has 1 aromatic rings. The minimum atomic E-state index is 0.315. The molecule has 0 aliphatic carbocycles. The fourth-order valence-electron chi connectivity index (χ4n) is 2.24. The number of ether oxygens (including phenoxy) is 3. The third-order valence-corrected chi connectivity index (χ3v) is 3.40. The number of benzene rings is 1. The minimum Gasteiger partial charge on any atom is -0.454 e. The van der Waals surface area contributed by atoms with Gasteiger partial charge < -0.3 is 19.3 Å². The van der Waals surface area contributed by atoms with E-state index in [4.69, 9.17) is 19.3 Å². The first-order valence-electron chi connectivity index (χ1n) is 7.47. The van der Waals surface area contributed by atoms with Gasteiger partial charge in [-0.25, -0.2) is 0 Å². The van der Waals surface area contributed by atoms with Gasteiger partial charge in [-0.3, -0.25) is 0 Å². The van der Waals surface area contributed by atoms with E-state index < -0.39 is 0 Å². The lowest BCUT2D eigenvalue weighted by atomic mass is 10.1. The number of hydrogen-bond donors (Lipinski definition) is 1. The lowest BCUT2D eigenvalue weighted by Gasteiger charge is -2.05. The van der Waals surface area contributed by atoms with Crippen LogP contribution in [0.3, 0.4) is 0 Å². The van der Waals surface area contributed by atoms with Gasteiger partial charge in [-0.15, -0.1) is 0 Å². The van der Waals surface area contributed by atoms with E-state index in [1.54, 1.807) is 0 Å². The molecule has 0 spiro atoms. The molecule has 1 aliphatic heterocycles. The van der Waals surface area contributed by atoms with Crippen LogP contribution in [0.25, 0.3) is 0 Å². The van der Waals surface area contributed by atoms with Gasteiger partial charge in [-0.1, -0.05) is 31.7 Å². The van der Waals surface area contributed by atoms with Crippen LogP contribution in [-0.2, 0) is 11.3 Å². The van der Waals surface area contributed by atoms with Gasteiger partial charge in [0.15, 0.2) is 11.5 Å². The Morgan fingerprint density at radius 1 is 0.950 bits per heavy atom. The Morgan fingerprint density at radius 2 is 1.70 bits per heavy atom. The molecule has 2 rings (SSSR count). The van der Waals surface area contributed by atoms with Gasteiger partial charge in [0.05, 0.1) is 6.61 Å². The summed E-state index contributed by atoms with van der Waals surface area (Å²) >= 11 is 0. The Labute approximate surface area is 120 Å². The topological polar surface area (TPSA) is 47.9 Å². The Hall–Kier alpha value is -1.26. The molecular formula is C16H24O4. The van der Waals surface area contributed by atoms with Crippen LogP contribution in [0.15, 0.2) is 18.2 Å². The lowest BCUT2D eigenvalue weighted by molar-refractivity contribution is 0.116. The molecule has 0 amide bonds.